The maximum atomic E-state index is 11.4. The van der Waals surface area contributed by atoms with E-state index in [0.29, 0.717) is 19.8 Å². The van der Waals surface area contributed by atoms with Gasteiger partial charge in [0.05, 0.1) is 26.2 Å². The molecule has 0 amide bonds. The largest absolute Gasteiger partial charge is 0.747 e. The molecule has 0 aromatic carbocycles. The van der Waals surface area contributed by atoms with E-state index < -0.39 is 33.5 Å². The van der Waals surface area contributed by atoms with Crippen LogP contribution in [-0.4, -0.2) is 63.0 Å². The van der Waals surface area contributed by atoms with Gasteiger partial charge in [-0.15, -0.1) is 0 Å². The normalized spacial score (nSPS) is 12.8. The highest BCUT2D eigenvalue weighted by Crippen LogP contribution is 2.07. The lowest BCUT2D eigenvalue weighted by atomic mass is 10.2. The molecule has 0 radical (unpaired) electrons. The highest BCUT2D eigenvalue weighted by molar-refractivity contribution is 7.87. The fourth-order valence-electron chi connectivity index (χ4n) is 1.83. The van der Waals surface area contributed by atoms with Crippen molar-refractivity contribution in [1.29, 1.82) is 0 Å². The average Bonchev–Trinajstić information content (AvgIpc) is 2.48. The number of carbonyl (C=O) groups is 2. The second-order valence-corrected chi connectivity index (χ2v) is 6.86. The molecule has 0 heterocycles. The Bertz CT molecular complexity index is 460. The Balaban J connectivity index is 3.64. The molecule has 1 unspecified atom stereocenters. The first-order valence-corrected chi connectivity index (χ1v) is 9.52. The summed E-state index contributed by atoms with van der Waals surface area (Å²) in [7, 11) is -4.86. The smallest absolute Gasteiger partial charge is 0.307 e. The van der Waals surface area contributed by atoms with E-state index >= 15 is 0 Å². The number of hydrogen-bond donors (Lipinski definition) is 0. The van der Waals surface area contributed by atoms with Crippen molar-refractivity contribution in [2.75, 3.05) is 33.0 Å². The van der Waals surface area contributed by atoms with Gasteiger partial charge >= 0.3 is 5.97 Å². The summed E-state index contributed by atoms with van der Waals surface area (Å²) in [5.74, 6) is -1.81. The van der Waals surface area contributed by atoms with E-state index in [9.17, 15) is 22.6 Å². The van der Waals surface area contributed by atoms with Gasteiger partial charge in [-0.1, -0.05) is 26.2 Å². The van der Waals surface area contributed by atoms with Crippen molar-refractivity contribution < 1.29 is 36.8 Å². The number of carbonyl (C=O) groups excluding carboxylic acids is 2. The molecular formula is C15H27O8S-. The Labute approximate surface area is 143 Å². The minimum Gasteiger partial charge on any atom is -0.747 e. The first-order valence-electron chi connectivity index (χ1n) is 8.05. The Hall–Kier alpha value is -1.03. The summed E-state index contributed by atoms with van der Waals surface area (Å²) in [5, 5.41) is -1.90. The maximum Gasteiger partial charge on any atom is 0.307 e. The van der Waals surface area contributed by atoms with Gasteiger partial charge in [-0.2, -0.15) is 0 Å². The number of Topliss-reactive ketones (excluding diaryl/α,β-unsaturated/α-hetero) is 1. The fraction of sp³-hybridized carbons (Fsp3) is 0.867. The summed E-state index contributed by atoms with van der Waals surface area (Å²) in [6, 6.07) is 0. The highest BCUT2D eigenvalue weighted by atomic mass is 32.2. The molecule has 1 atom stereocenters. The monoisotopic (exact) mass is 367 g/mol. The molecule has 0 saturated carbocycles. The van der Waals surface area contributed by atoms with Gasteiger partial charge < -0.3 is 18.8 Å². The molecule has 0 N–H and O–H groups in total. The molecule has 0 rings (SSSR count). The van der Waals surface area contributed by atoms with Gasteiger partial charge in [0, 0.05) is 6.61 Å². The van der Waals surface area contributed by atoms with Gasteiger partial charge in [-0.05, 0) is 13.3 Å². The SMILES string of the molecule is CCCCCCOCCOCCOC(=O)CC(C(C)=O)S(=O)(=O)[O-]. The lowest BCUT2D eigenvalue weighted by Crippen LogP contribution is -2.31. The Kier molecular flexibility index (Phi) is 12.7. The lowest BCUT2D eigenvalue weighted by molar-refractivity contribution is -0.146. The van der Waals surface area contributed by atoms with Crippen LogP contribution in [0, 0.1) is 0 Å². The highest BCUT2D eigenvalue weighted by Gasteiger charge is 2.25. The van der Waals surface area contributed by atoms with Crippen molar-refractivity contribution in [2.24, 2.45) is 0 Å². The standard InChI is InChI=1S/C15H28O8S/c1-3-4-5-6-7-21-8-9-22-10-11-23-15(17)12-14(13(2)16)24(18,19)20/h14H,3-12H2,1-2H3,(H,18,19,20)/p-1. The van der Waals surface area contributed by atoms with Crippen LogP contribution in [0.1, 0.15) is 46.0 Å². The van der Waals surface area contributed by atoms with Crippen LogP contribution in [0.4, 0.5) is 0 Å². The summed E-state index contributed by atoms with van der Waals surface area (Å²) in [5.41, 5.74) is 0. The van der Waals surface area contributed by atoms with Gasteiger partial charge in [0.2, 0.25) is 0 Å². The molecule has 0 saturated heterocycles. The predicted molar refractivity (Wildman–Crippen MR) is 85.5 cm³/mol. The van der Waals surface area contributed by atoms with E-state index in [4.69, 9.17) is 14.2 Å². The molecule has 8 nitrogen and oxygen atoms in total. The molecule has 0 aromatic heterocycles. The first kappa shape index (κ1) is 23.0. The van der Waals surface area contributed by atoms with Crippen LogP contribution >= 0.6 is 0 Å². The Morgan fingerprint density at radius 3 is 2.08 bits per heavy atom. The lowest BCUT2D eigenvalue weighted by Gasteiger charge is -2.16. The number of hydrogen-bond acceptors (Lipinski definition) is 8. The third-order valence-corrected chi connectivity index (χ3v) is 4.35. The van der Waals surface area contributed by atoms with Gasteiger partial charge in [0.1, 0.15) is 27.8 Å². The number of rotatable bonds is 15. The predicted octanol–water partition coefficient (Wildman–Crippen LogP) is 1.04. The summed E-state index contributed by atoms with van der Waals surface area (Å²) in [6.45, 7) is 4.62. The van der Waals surface area contributed by atoms with Crippen molar-refractivity contribution in [3.8, 4) is 0 Å². The van der Waals surface area contributed by atoms with Crippen molar-refractivity contribution in [3.05, 3.63) is 0 Å². The van der Waals surface area contributed by atoms with E-state index in [1.54, 1.807) is 0 Å². The minimum absolute atomic E-state index is 0.0845. The zero-order valence-corrected chi connectivity index (χ0v) is 15.1. The molecule has 0 fully saturated rings. The van der Waals surface area contributed by atoms with Crippen LogP contribution in [-0.2, 0) is 33.9 Å². The van der Waals surface area contributed by atoms with E-state index in [1.807, 2.05) is 0 Å². The molecular weight excluding hydrogens is 340 g/mol. The third kappa shape index (κ3) is 12.4. The fourth-order valence-corrected chi connectivity index (χ4v) is 2.57. The summed E-state index contributed by atoms with van der Waals surface area (Å²) < 4.78 is 47.8. The van der Waals surface area contributed by atoms with Crippen molar-refractivity contribution in [2.45, 2.75) is 51.2 Å². The molecule has 9 heteroatoms. The van der Waals surface area contributed by atoms with Crippen LogP contribution in [0.2, 0.25) is 0 Å². The quantitative estimate of drug-likeness (QED) is 0.239. The zero-order chi connectivity index (χ0) is 18.4. The van der Waals surface area contributed by atoms with Crippen molar-refractivity contribution in [3.63, 3.8) is 0 Å². The molecule has 0 aliphatic carbocycles. The molecule has 0 spiro atoms. The molecule has 24 heavy (non-hydrogen) atoms. The number of ether oxygens (including phenoxy) is 3. The van der Waals surface area contributed by atoms with Gasteiger partial charge in [0.15, 0.2) is 0 Å². The topological polar surface area (TPSA) is 119 Å². The Morgan fingerprint density at radius 1 is 0.958 bits per heavy atom. The van der Waals surface area contributed by atoms with Crippen molar-refractivity contribution in [1.82, 2.24) is 0 Å². The van der Waals surface area contributed by atoms with Crippen LogP contribution in [0.3, 0.4) is 0 Å². The molecule has 0 aliphatic rings. The van der Waals surface area contributed by atoms with Crippen LogP contribution in [0.15, 0.2) is 0 Å². The minimum atomic E-state index is -4.86. The molecule has 0 bridgehead atoms. The van der Waals surface area contributed by atoms with Crippen LogP contribution in [0.25, 0.3) is 0 Å². The second kappa shape index (κ2) is 13.3. The summed E-state index contributed by atoms with van der Waals surface area (Å²) >= 11 is 0. The van der Waals surface area contributed by atoms with Crippen LogP contribution in [0.5, 0.6) is 0 Å². The van der Waals surface area contributed by atoms with E-state index in [2.05, 4.69) is 6.92 Å². The van der Waals surface area contributed by atoms with Crippen LogP contribution < -0.4 is 0 Å². The van der Waals surface area contributed by atoms with E-state index in [1.165, 1.54) is 12.8 Å². The Morgan fingerprint density at radius 2 is 1.54 bits per heavy atom. The molecule has 0 aromatic rings. The van der Waals surface area contributed by atoms with E-state index in [-0.39, 0.29) is 13.2 Å². The van der Waals surface area contributed by atoms with Gasteiger partial charge in [-0.25, -0.2) is 8.42 Å². The van der Waals surface area contributed by atoms with Crippen molar-refractivity contribution >= 4 is 21.9 Å². The average molecular weight is 367 g/mol. The number of esters is 1. The molecule has 0 aliphatic heterocycles. The summed E-state index contributed by atoms with van der Waals surface area (Å²) in [4.78, 5) is 22.5. The summed E-state index contributed by atoms with van der Waals surface area (Å²) in [6.07, 6.45) is 3.76. The number of ketones is 1. The maximum absolute atomic E-state index is 11.4. The molecule has 142 valence electrons. The zero-order valence-electron chi connectivity index (χ0n) is 14.3. The van der Waals surface area contributed by atoms with E-state index in [0.717, 1.165) is 19.8 Å². The third-order valence-electron chi connectivity index (χ3n) is 3.16. The number of unbranched alkanes of at least 4 members (excludes halogenated alkanes) is 3. The first-order chi connectivity index (χ1) is 11.3. The van der Waals surface area contributed by atoms with Gasteiger partial charge in [-0.3, -0.25) is 9.59 Å². The van der Waals surface area contributed by atoms with Gasteiger partial charge in [0.25, 0.3) is 0 Å². The second-order valence-electron chi connectivity index (χ2n) is 5.30.